The second-order valence-electron chi connectivity index (χ2n) is 4.90. The zero-order valence-electron chi connectivity index (χ0n) is 13.0. The van der Waals surface area contributed by atoms with E-state index in [0.717, 1.165) is 10.7 Å². The minimum Gasteiger partial charge on any atom is -0.486 e. The molecule has 2 rings (SSSR count). The Morgan fingerprint density at radius 3 is 3.04 bits per heavy atom. The molecule has 122 valence electrons. The number of rotatable bonds is 8. The molecule has 0 N–H and O–H groups in total. The Balaban J connectivity index is 1.94. The molecule has 0 bridgehead atoms. The number of carbonyl (C=O) groups is 1. The number of ether oxygens (including phenoxy) is 1. The van der Waals surface area contributed by atoms with E-state index in [1.165, 1.54) is 11.3 Å². The van der Waals surface area contributed by atoms with E-state index >= 15 is 0 Å². The van der Waals surface area contributed by atoms with Crippen LogP contribution in [0.2, 0.25) is 5.02 Å². The van der Waals surface area contributed by atoms with Gasteiger partial charge in [0.25, 0.3) is 0 Å². The highest BCUT2D eigenvalue weighted by molar-refractivity contribution is 7.09. The van der Waals surface area contributed by atoms with Crippen LogP contribution in [0.1, 0.15) is 24.0 Å². The number of carbonyl (C=O) groups excluding carboxylic acids is 1. The summed E-state index contributed by atoms with van der Waals surface area (Å²) in [6.07, 6.45) is 2.20. The van der Waals surface area contributed by atoms with Gasteiger partial charge in [0.1, 0.15) is 17.4 Å². The highest BCUT2D eigenvalue weighted by atomic mass is 35.5. The van der Waals surface area contributed by atoms with Crippen LogP contribution in [-0.4, -0.2) is 22.3 Å². The number of hydrogen-bond donors (Lipinski definition) is 0. The molecular weight excluding hydrogens is 332 g/mol. The third-order valence-electron chi connectivity index (χ3n) is 3.12. The van der Waals surface area contributed by atoms with Crippen molar-refractivity contribution in [3.05, 3.63) is 58.0 Å². The van der Waals surface area contributed by atoms with E-state index < -0.39 is 0 Å². The quantitative estimate of drug-likeness (QED) is 0.666. The van der Waals surface area contributed by atoms with Gasteiger partial charge in [-0.2, -0.15) is 0 Å². The lowest BCUT2D eigenvalue weighted by Gasteiger charge is -2.19. The molecule has 0 saturated heterocycles. The van der Waals surface area contributed by atoms with Crippen molar-refractivity contribution in [2.45, 2.75) is 26.5 Å². The van der Waals surface area contributed by atoms with Crippen molar-refractivity contribution in [2.75, 3.05) is 6.54 Å². The standard InChI is InChI=1S/C17H19ClN2O2S/c1-3-8-20(17(21)4-2)10-14-12-23-16(19-14)11-22-15-7-5-6-13(18)9-15/h3,5-7,9,12H,1,4,8,10-11H2,2H3. The molecule has 0 saturated carbocycles. The van der Waals surface area contributed by atoms with Crippen molar-refractivity contribution in [2.24, 2.45) is 0 Å². The summed E-state index contributed by atoms with van der Waals surface area (Å²) in [5.74, 6) is 0.804. The molecule has 0 unspecified atom stereocenters. The van der Waals surface area contributed by atoms with E-state index in [0.29, 0.717) is 36.9 Å². The van der Waals surface area contributed by atoms with Crippen LogP contribution in [0.15, 0.2) is 42.3 Å². The predicted octanol–water partition coefficient (Wildman–Crippen LogP) is 4.30. The Hall–Kier alpha value is -1.85. The van der Waals surface area contributed by atoms with Crippen LogP contribution in [0, 0.1) is 0 Å². The molecule has 4 nitrogen and oxygen atoms in total. The van der Waals surface area contributed by atoms with E-state index in [4.69, 9.17) is 16.3 Å². The smallest absolute Gasteiger partial charge is 0.222 e. The molecule has 1 amide bonds. The minimum atomic E-state index is 0.0922. The second-order valence-corrected chi connectivity index (χ2v) is 6.27. The first-order chi connectivity index (χ1) is 11.1. The van der Waals surface area contributed by atoms with Gasteiger partial charge in [-0.15, -0.1) is 17.9 Å². The molecule has 0 spiro atoms. The van der Waals surface area contributed by atoms with Crippen molar-refractivity contribution >= 4 is 28.8 Å². The zero-order chi connectivity index (χ0) is 16.7. The summed E-state index contributed by atoms with van der Waals surface area (Å²) >= 11 is 7.44. The van der Waals surface area contributed by atoms with Gasteiger partial charge >= 0.3 is 0 Å². The number of halogens is 1. The Labute approximate surface area is 145 Å². The Kier molecular flexibility index (Phi) is 6.62. The minimum absolute atomic E-state index is 0.0922. The largest absolute Gasteiger partial charge is 0.486 e. The van der Waals surface area contributed by atoms with Gasteiger partial charge in [-0.05, 0) is 18.2 Å². The monoisotopic (exact) mass is 350 g/mol. The molecule has 0 aliphatic heterocycles. The molecule has 0 aliphatic rings. The predicted molar refractivity (Wildman–Crippen MR) is 93.8 cm³/mol. The summed E-state index contributed by atoms with van der Waals surface area (Å²) in [4.78, 5) is 18.1. The third-order valence-corrected chi connectivity index (χ3v) is 4.22. The number of nitrogens with zero attached hydrogens (tertiary/aromatic N) is 2. The van der Waals surface area contributed by atoms with Crippen LogP contribution in [-0.2, 0) is 17.9 Å². The lowest BCUT2D eigenvalue weighted by Crippen LogP contribution is -2.30. The summed E-state index contributed by atoms with van der Waals surface area (Å²) in [5.41, 5.74) is 0.864. The molecule has 1 heterocycles. The molecule has 6 heteroatoms. The van der Waals surface area contributed by atoms with E-state index in [9.17, 15) is 4.79 Å². The van der Waals surface area contributed by atoms with E-state index in [1.54, 1.807) is 23.1 Å². The van der Waals surface area contributed by atoms with Gasteiger partial charge in [0, 0.05) is 23.4 Å². The highest BCUT2D eigenvalue weighted by Crippen LogP contribution is 2.20. The summed E-state index contributed by atoms with van der Waals surface area (Å²) in [6.45, 7) is 6.94. The van der Waals surface area contributed by atoms with Gasteiger partial charge in [0.15, 0.2) is 0 Å². The molecule has 1 aromatic heterocycles. The molecule has 0 aliphatic carbocycles. The normalized spacial score (nSPS) is 10.3. The van der Waals surface area contributed by atoms with Gasteiger partial charge in [-0.25, -0.2) is 4.98 Å². The van der Waals surface area contributed by atoms with E-state index in [1.807, 2.05) is 24.4 Å². The van der Waals surface area contributed by atoms with Crippen LogP contribution < -0.4 is 4.74 Å². The van der Waals surface area contributed by atoms with Crippen molar-refractivity contribution in [3.8, 4) is 5.75 Å². The molecule has 0 atom stereocenters. The number of amides is 1. The zero-order valence-corrected chi connectivity index (χ0v) is 14.6. The number of thiazole rings is 1. The molecule has 23 heavy (non-hydrogen) atoms. The fourth-order valence-electron chi connectivity index (χ4n) is 2.02. The highest BCUT2D eigenvalue weighted by Gasteiger charge is 2.12. The molecule has 0 radical (unpaired) electrons. The fraction of sp³-hybridized carbons (Fsp3) is 0.294. The summed E-state index contributed by atoms with van der Waals surface area (Å²) in [5, 5.41) is 3.46. The van der Waals surface area contributed by atoms with Crippen LogP contribution in [0.25, 0.3) is 0 Å². The van der Waals surface area contributed by atoms with Crippen molar-refractivity contribution in [3.63, 3.8) is 0 Å². The number of aromatic nitrogens is 1. The summed E-state index contributed by atoms with van der Waals surface area (Å²) < 4.78 is 5.67. The Morgan fingerprint density at radius 2 is 2.35 bits per heavy atom. The van der Waals surface area contributed by atoms with Crippen molar-refractivity contribution < 1.29 is 9.53 Å². The Morgan fingerprint density at radius 1 is 1.52 bits per heavy atom. The first kappa shape index (κ1) is 17.5. The second kappa shape index (κ2) is 8.70. The molecular formula is C17H19ClN2O2S. The maximum absolute atomic E-state index is 11.9. The SMILES string of the molecule is C=CCN(Cc1csc(COc2cccc(Cl)c2)n1)C(=O)CC. The first-order valence-corrected chi connectivity index (χ1v) is 8.58. The molecule has 2 aromatic rings. The lowest BCUT2D eigenvalue weighted by atomic mass is 10.3. The maximum Gasteiger partial charge on any atom is 0.222 e. The lowest BCUT2D eigenvalue weighted by molar-refractivity contribution is -0.130. The summed E-state index contributed by atoms with van der Waals surface area (Å²) in [7, 11) is 0. The Bertz CT molecular complexity index is 672. The van der Waals surface area contributed by atoms with Gasteiger partial charge < -0.3 is 9.64 Å². The van der Waals surface area contributed by atoms with Crippen LogP contribution in [0.4, 0.5) is 0 Å². The average molecular weight is 351 g/mol. The topological polar surface area (TPSA) is 42.4 Å². The van der Waals surface area contributed by atoms with Gasteiger partial charge in [-0.1, -0.05) is 30.7 Å². The van der Waals surface area contributed by atoms with Crippen LogP contribution in [0.3, 0.4) is 0 Å². The van der Waals surface area contributed by atoms with Gasteiger partial charge in [-0.3, -0.25) is 4.79 Å². The molecule has 1 aromatic carbocycles. The number of benzene rings is 1. The van der Waals surface area contributed by atoms with Gasteiger partial charge in [0.05, 0.1) is 12.2 Å². The van der Waals surface area contributed by atoms with Crippen molar-refractivity contribution in [1.82, 2.24) is 9.88 Å². The maximum atomic E-state index is 11.9. The van der Waals surface area contributed by atoms with Crippen LogP contribution in [0.5, 0.6) is 5.75 Å². The third kappa shape index (κ3) is 5.37. The average Bonchev–Trinajstić information content (AvgIpc) is 2.99. The van der Waals surface area contributed by atoms with Crippen molar-refractivity contribution in [1.29, 1.82) is 0 Å². The van der Waals surface area contributed by atoms with Gasteiger partial charge in [0.2, 0.25) is 5.91 Å². The first-order valence-electron chi connectivity index (χ1n) is 7.32. The molecule has 0 fully saturated rings. The fourth-order valence-corrected chi connectivity index (χ4v) is 2.90. The van der Waals surface area contributed by atoms with E-state index in [2.05, 4.69) is 11.6 Å². The number of hydrogen-bond acceptors (Lipinski definition) is 4. The van der Waals surface area contributed by atoms with Crippen LogP contribution >= 0.6 is 22.9 Å². The summed E-state index contributed by atoms with van der Waals surface area (Å²) in [6, 6.07) is 7.26. The van der Waals surface area contributed by atoms with E-state index in [-0.39, 0.29) is 5.91 Å².